The second-order valence-corrected chi connectivity index (χ2v) is 11.6. The highest BCUT2D eigenvalue weighted by Crippen LogP contribution is 2.15. The molecule has 13 heteroatoms. The maximum absolute atomic E-state index is 13.3. The van der Waals surface area contributed by atoms with E-state index in [0.29, 0.717) is 0 Å². The van der Waals surface area contributed by atoms with Crippen molar-refractivity contribution in [3.8, 4) is 0 Å². The molecule has 0 saturated carbocycles. The third kappa shape index (κ3) is 11.3. The second kappa shape index (κ2) is 17.3. The van der Waals surface area contributed by atoms with Crippen LogP contribution in [0.1, 0.15) is 38.1 Å². The van der Waals surface area contributed by atoms with Crippen LogP contribution in [0.4, 0.5) is 9.59 Å². The zero-order valence-electron chi connectivity index (χ0n) is 25.0. The van der Waals surface area contributed by atoms with E-state index in [1.54, 1.807) is 32.7 Å². The van der Waals surface area contributed by atoms with E-state index in [1.165, 1.54) is 25.6 Å². The molecule has 0 aliphatic heterocycles. The molecule has 4 atom stereocenters. The molecule has 1 unspecified atom stereocenters. The molecular weight excluding hydrogens is 562 g/mol. The summed E-state index contributed by atoms with van der Waals surface area (Å²) < 4.78 is 9.35. The molecule has 232 valence electrons. The van der Waals surface area contributed by atoms with Gasteiger partial charge < -0.3 is 30.5 Å². The molecule has 5 N–H and O–H groups in total. The number of hydrazine groups is 1. The van der Waals surface area contributed by atoms with Crippen LogP contribution >= 0.6 is 11.3 Å². The van der Waals surface area contributed by atoms with Crippen molar-refractivity contribution in [1.29, 1.82) is 0 Å². The number of carbonyl (C=O) groups is 4. The van der Waals surface area contributed by atoms with Gasteiger partial charge in [-0.1, -0.05) is 64.1 Å². The molecule has 0 aliphatic carbocycles. The van der Waals surface area contributed by atoms with Crippen molar-refractivity contribution < 1.29 is 33.8 Å². The molecule has 0 fully saturated rings. The summed E-state index contributed by atoms with van der Waals surface area (Å²) in [4.78, 5) is 51.3. The minimum Gasteiger partial charge on any atom is -0.453 e. The SMILES string of the molecule is COC(=O)N[C@H](C(=O)N[C@@H](Cc1ccccc1)C(O)CN(Cc1cccs1)NC(=O)[C@@H](NC(=O)OC)C(C)C)C(C)C. The second-order valence-electron chi connectivity index (χ2n) is 10.5. The lowest BCUT2D eigenvalue weighted by Gasteiger charge is -2.33. The van der Waals surface area contributed by atoms with Gasteiger partial charge in [-0.3, -0.25) is 15.0 Å². The van der Waals surface area contributed by atoms with Gasteiger partial charge in [-0.2, -0.15) is 0 Å². The molecule has 0 aliphatic rings. The van der Waals surface area contributed by atoms with Crippen LogP contribution < -0.4 is 21.4 Å². The summed E-state index contributed by atoms with van der Waals surface area (Å²) in [6, 6.07) is 10.6. The first-order chi connectivity index (χ1) is 19.9. The lowest BCUT2D eigenvalue weighted by molar-refractivity contribution is -0.131. The minimum atomic E-state index is -1.15. The molecular formula is C29H43N5O7S. The Morgan fingerprint density at radius 2 is 1.40 bits per heavy atom. The van der Waals surface area contributed by atoms with Crippen LogP contribution in [-0.4, -0.2) is 79.1 Å². The number of thiophene rings is 1. The predicted octanol–water partition coefficient (Wildman–Crippen LogP) is 2.43. The van der Waals surface area contributed by atoms with Crippen molar-refractivity contribution in [3.63, 3.8) is 0 Å². The first-order valence-corrected chi connectivity index (χ1v) is 14.6. The predicted molar refractivity (Wildman–Crippen MR) is 159 cm³/mol. The van der Waals surface area contributed by atoms with Crippen molar-refractivity contribution >= 4 is 35.3 Å². The van der Waals surface area contributed by atoms with Gasteiger partial charge in [0.05, 0.1) is 32.9 Å². The fraction of sp³-hybridized carbons (Fsp3) is 0.517. The number of hydrogen-bond acceptors (Lipinski definition) is 9. The van der Waals surface area contributed by atoms with E-state index in [0.717, 1.165) is 10.4 Å². The zero-order chi connectivity index (χ0) is 31.2. The number of aliphatic hydroxyl groups excluding tert-OH is 1. The maximum atomic E-state index is 13.3. The van der Waals surface area contributed by atoms with Gasteiger partial charge >= 0.3 is 12.2 Å². The van der Waals surface area contributed by atoms with Crippen LogP contribution in [0.2, 0.25) is 0 Å². The van der Waals surface area contributed by atoms with Gasteiger partial charge in [-0.25, -0.2) is 14.6 Å². The van der Waals surface area contributed by atoms with Gasteiger partial charge in [-0.05, 0) is 35.3 Å². The van der Waals surface area contributed by atoms with Crippen molar-refractivity contribution in [2.75, 3.05) is 20.8 Å². The Balaban J connectivity index is 2.31. The highest BCUT2D eigenvalue weighted by molar-refractivity contribution is 7.09. The Hall–Kier alpha value is -3.68. The summed E-state index contributed by atoms with van der Waals surface area (Å²) in [5, 5.41) is 23.0. The quantitative estimate of drug-likeness (QED) is 0.194. The summed E-state index contributed by atoms with van der Waals surface area (Å²) in [5.41, 5.74) is 3.70. The van der Waals surface area contributed by atoms with Crippen molar-refractivity contribution in [3.05, 3.63) is 58.3 Å². The fourth-order valence-corrected chi connectivity index (χ4v) is 4.90. The number of ether oxygens (including phenoxy) is 2. The summed E-state index contributed by atoms with van der Waals surface area (Å²) in [5.74, 6) is -1.47. The monoisotopic (exact) mass is 605 g/mol. The molecule has 4 amide bonds. The van der Waals surface area contributed by atoms with Crippen molar-refractivity contribution in [2.24, 2.45) is 11.8 Å². The number of amides is 4. The number of benzene rings is 1. The highest BCUT2D eigenvalue weighted by Gasteiger charge is 2.32. The minimum absolute atomic E-state index is 0.0543. The first-order valence-electron chi connectivity index (χ1n) is 13.7. The summed E-state index contributed by atoms with van der Waals surface area (Å²) in [6.07, 6.45) is -2.34. The van der Waals surface area contributed by atoms with Crippen LogP contribution in [0.3, 0.4) is 0 Å². The van der Waals surface area contributed by atoms with Gasteiger partial charge in [0.1, 0.15) is 12.1 Å². The number of hydrogen-bond donors (Lipinski definition) is 5. The number of rotatable bonds is 15. The molecule has 2 aromatic rings. The van der Waals surface area contributed by atoms with Crippen LogP contribution in [-0.2, 0) is 32.0 Å². The largest absolute Gasteiger partial charge is 0.453 e. The average Bonchev–Trinajstić information content (AvgIpc) is 3.46. The number of methoxy groups -OCH3 is 2. The lowest BCUT2D eigenvalue weighted by atomic mass is 9.98. The van der Waals surface area contributed by atoms with Crippen LogP contribution in [0.5, 0.6) is 0 Å². The van der Waals surface area contributed by atoms with Gasteiger partial charge in [0.25, 0.3) is 5.91 Å². The number of aliphatic hydroxyl groups is 1. The number of nitrogens with one attached hydrogen (secondary N) is 4. The summed E-state index contributed by atoms with van der Waals surface area (Å²) in [6.45, 7) is 7.37. The van der Waals surface area contributed by atoms with E-state index >= 15 is 0 Å². The van der Waals surface area contributed by atoms with Gasteiger partial charge in [0.2, 0.25) is 5.91 Å². The summed E-state index contributed by atoms with van der Waals surface area (Å²) >= 11 is 1.48. The molecule has 0 spiro atoms. The normalized spacial score (nSPS) is 14.0. The first kappa shape index (κ1) is 34.5. The highest BCUT2D eigenvalue weighted by atomic mass is 32.1. The van der Waals surface area contributed by atoms with E-state index in [2.05, 4.69) is 30.8 Å². The summed E-state index contributed by atoms with van der Waals surface area (Å²) in [7, 11) is 2.43. The molecule has 12 nitrogen and oxygen atoms in total. The number of carbonyl (C=O) groups excluding carboxylic acids is 4. The average molecular weight is 606 g/mol. The van der Waals surface area contributed by atoms with Crippen molar-refractivity contribution in [2.45, 2.75) is 64.9 Å². The van der Waals surface area contributed by atoms with E-state index in [9.17, 15) is 24.3 Å². The van der Waals surface area contributed by atoms with Gasteiger partial charge in [0.15, 0.2) is 0 Å². The Bertz CT molecular complexity index is 1130. The van der Waals surface area contributed by atoms with Crippen LogP contribution in [0.15, 0.2) is 47.8 Å². The van der Waals surface area contributed by atoms with Crippen LogP contribution in [0.25, 0.3) is 0 Å². The number of nitrogens with zero attached hydrogens (tertiary/aromatic N) is 1. The van der Waals surface area contributed by atoms with E-state index in [1.807, 2.05) is 47.8 Å². The molecule has 0 bridgehead atoms. The molecule has 1 aromatic heterocycles. The van der Waals surface area contributed by atoms with E-state index < -0.39 is 48.2 Å². The lowest BCUT2D eigenvalue weighted by Crippen LogP contribution is -2.59. The Kier molecular flexibility index (Phi) is 14.2. The third-order valence-corrected chi connectivity index (χ3v) is 7.37. The molecule has 2 rings (SSSR count). The Labute approximate surface area is 251 Å². The van der Waals surface area contributed by atoms with Gasteiger partial charge in [0, 0.05) is 11.4 Å². The van der Waals surface area contributed by atoms with Gasteiger partial charge in [-0.15, -0.1) is 11.3 Å². The molecule has 1 heterocycles. The third-order valence-electron chi connectivity index (χ3n) is 6.51. The Morgan fingerprint density at radius 1 is 0.833 bits per heavy atom. The fourth-order valence-electron chi connectivity index (χ4n) is 4.18. The maximum Gasteiger partial charge on any atom is 0.407 e. The zero-order valence-corrected chi connectivity index (χ0v) is 25.8. The van der Waals surface area contributed by atoms with Crippen molar-refractivity contribution in [1.82, 2.24) is 26.4 Å². The molecule has 0 saturated heterocycles. The van der Waals surface area contributed by atoms with E-state index in [4.69, 9.17) is 0 Å². The Morgan fingerprint density at radius 3 is 1.90 bits per heavy atom. The number of alkyl carbamates (subject to hydrolysis) is 2. The molecule has 0 radical (unpaired) electrons. The van der Waals surface area contributed by atoms with E-state index in [-0.39, 0.29) is 31.3 Å². The topological polar surface area (TPSA) is 158 Å². The molecule has 42 heavy (non-hydrogen) atoms. The standard InChI is InChI=1S/C29H43N5O7S/c1-18(2)24(31-28(38)40-5)26(36)30-22(15-20-11-8-7-9-12-20)23(35)17-34(16-21-13-10-14-42-21)33-27(37)25(19(3)4)32-29(39)41-6/h7-14,18-19,22-25,35H,15-17H2,1-6H3,(H,30,36)(H,31,38)(H,32,39)(H,33,37)/t22-,23?,24-,25-/m0/s1. The van der Waals surface area contributed by atoms with Crippen LogP contribution in [0, 0.1) is 11.8 Å². The molecule has 1 aromatic carbocycles. The smallest absolute Gasteiger partial charge is 0.407 e.